The van der Waals surface area contributed by atoms with Crippen molar-refractivity contribution in [3.8, 4) is 0 Å². The van der Waals surface area contributed by atoms with Gasteiger partial charge in [0, 0.05) is 45.6 Å². The standard InChI is InChI=1S/C12H23N3O2/c1-2-6-14-11(16)4-3-5-12(17)15-9-7-13-8-10-15/h13H,2-10H2,1H3,(H,14,16). The number of piperazine rings is 1. The molecule has 0 aromatic carbocycles. The van der Waals surface area contributed by atoms with Crippen molar-refractivity contribution in [2.24, 2.45) is 0 Å². The van der Waals surface area contributed by atoms with Gasteiger partial charge in [-0.25, -0.2) is 0 Å². The summed E-state index contributed by atoms with van der Waals surface area (Å²) >= 11 is 0. The van der Waals surface area contributed by atoms with Crippen LogP contribution in [0.3, 0.4) is 0 Å². The van der Waals surface area contributed by atoms with Crippen LogP contribution in [0.25, 0.3) is 0 Å². The van der Waals surface area contributed by atoms with Crippen LogP contribution >= 0.6 is 0 Å². The van der Waals surface area contributed by atoms with E-state index in [4.69, 9.17) is 0 Å². The maximum atomic E-state index is 11.8. The van der Waals surface area contributed by atoms with Gasteiger partial charge in [-0.15, -0.1) is 0 Å². The monoisotopic (exact) mass is 241 g/mol. The first-order valence-electron chi connectivity index (χ1n) is 6.49. The summed E-state index contributed by atoms with van der Waals surface area (Å²) in [5.41, 5.74) is 0. The molecular formula is C12H23N3O2. The fourth-order valence-electron chi connectivity index (χ4n) is 1.83. The average molecular weight is 241 g/mol. The second kappa shape index (κ2) is 8.06. The van der Waals surface area contributed by atoms with Gasteiger partial charge in [0.25, 0.3) is 0 Å². The van der Waals surface area contributed by atoms with Gasteiger partial charge in [-0.3, -0.25) is 9.59 Å². The molecule has 1 rings (SSSR count). The van der Waals surface area contributed by atoms with Crippen molar-refractivity contribution in [1.29, 1.82) is 0 Å². The van der Waals surface area contributed by atoms with E-state index < -0.39 is 0 Å². The van der Waals surface area contributed by atoms with Gasteiger partial charge in [0.1, 0.15) is 0 Å². The molecule has 0 radical (unpaired) electrons. The van der Waals surface area contributed by atoms with Crippen LogP contribution in [0.2, 0.25) is 0 Å². The summed E-state index contributed by atoms with van der Waals surface area (Å²) < 4.78 is 0. The lowest BCUT2D eigenvalue weighted by molar-refractivity contribution is -0.132. The molecule has 2 N–H and O–H groups in total. The van der Waals surface area contributed by atoms with Crippen molar-refractivity contribution in [3.63, 3.8) is 0 Å². The number of nitrogens with zero attached hydrogens (tertiary/aromatic N) is 1. The van der Waals surface area contributed by atoms with Crippen molar-refractivity contribution in [2.45, 2.75) is 32.6 Å². The second-order valence-electron chi connectivity index (χ2n) is 4.33. The van der Waals surface area contributed by atoms with Crippen molar-refractivity contribution < 1.29 is 9.59 Å². The SMILES string of the molecule is CCCNC(=O)CCCC(=O)N1CCNCC1. The molecule has 0 aromatic rings. The molecule has 1 aliphatic rings. The van der Waals surface area contributed by atoms with Crippen LogP contribution in [0.5, 0.6) is 0 Å². The predicted molar refractivity (Wildman–Crippen MR) is 66.6 cm³/mol. The highest BCUT2D eigenvalue weighted by molar-refractivity contribution is 5.79. The third-order valence-electron chi connectivity index (χ3n) is 2.84. The summed E-state index contributed by atoms with van der Waals surface area (Å²) in [6.45, 7) is 6.09. The molecule has 0 aromatic heterocycles. The van der Waals surface area contributed by atoms with Crippen LogP contribution in [0.15, 0.2) is 0 Å². The van der Waals surface area contributed by atoms with Crippen LogP contribution in [0.1, 0.15) is 32.6 Å². The number of rotatable bonds is 6. The molecule has 0 saturated carbocycles. The molecule has 0 bridgehead atoms. The Morgan fingerprint density at radius 2 is 1.94 bits per heavy atom. The molecule has 5 nitrogen and oxygen atoms in total. The molecule has 0 aliphatic carbocycles. The Kier molecular flexibility index (Phi) is 6.62. The lowest BCUT2D eigenvalue weighted by Crippen LogP contribution is -2.46. The third kappa shape index (κ3) is 5.68. The summed E-state index contributed by atoms with van der Waals surface area (Å²) in [6.07, 6.45) is 2.54. The normalized spacial score (nSPS) is 15.7. The summed E-state index contributed by atoms with van der Waals surface area (Å²) in [7, 11) is 0. The van der Waals surface area contributed by atoms with E-state index in [1.54, 1.807) is 0 Å². The topological polar surface area (TPSA) is 61.4 Å². The summed E-state index contributed by atoms with van der Waals surface area (Å²) in [4.78, 5) is 24.9. The van der Waals surface area contributed by atoms with Crippen molar-refractivity contribution >= 4 is 11.8 Å². The van der Waals surface area contributed by atoms with Gasteiger partial charge in [0.2, 0.25) is 11.8 Å². The Hall–Kier alpha value is -1.10. The molecular weight excluding hydrogens is 218 g/mol. The molecule has 98 valence electrons. The molecule has 1 fully saturated rings. The van der Waals surface area contributed by atoms with Gasteiger partial charge in [-0.05, 0) is 12.8 Å². The zero-order chi connectivity index (χ0) is 12.5. The lowest BCUT2D eigenvalue weighted by Gasteiger charge is -2.27. The summed E-state index contributed by atoms with van der Waals surface area (Å²) in [6, 6.07) is 0. The average Bonchev–Trinajstić information content (AvgIpc) is 2.37. The minimum Gasteiger partial charge on any atom is -0.356 e. The van der Waals surface area contributed by atoms with E-state index in [0.29, 0.717) is 19.3 Å². The third-order valence-corrected chi connectivity index (χ3v) is 2.84. The van der Waals surface area contributed by atoms with E-state index in [0.717, 1.165) is 39.1 Å². The Morgan fingerprint density at radius 3 is 2.59 bits per heavy atom. The Labute approximate surface area is 103 Å². The van der Waals surface area contributed by atoms with Crippen LogP contribution < -0.4 is 10.6 Å². The lowest BCUT2D eigenvalue weighted by atomic mass is 10.2. The highest BCUT2D eigenvalue weighted by Gasteiger charge is 2.15. The number of hydrogen-bond acceptors (Lipinski definition) is 3. The van der Waals surface area contributed by atoms with Gasteiger partial charge in [0.05, 0.1) is 0 Å². The van der Waals surface area contributed by atoms with Gasteiger partial charge in [-0.1, -0.05) is 6.92 Å². The fraction of sp³-hybridized carbons (Fsp3) is 0.833. The maximum Gasteiger partial charge on any atom is 0.222 e. The van der Waals surface area contributed by atoms with Crippen LogP contribution in [-0.2, 0) is 9.59 Å². The first kappa shape index (κ1) is 14.0. The smallest absolute Gasteiger partial charge is 0.222 e. The first-order valence-corrected chi connectivity index (χ1v) is 6.49. The minimum atomic E-state index is 0.0555. The number of amides is 2. The van der Waals surface area contributed by atoms with Gasteiger partial charge < -0.3 is 15.5 Å². The zero-order valence-electron chi connectivity index (χ0n) is 10.6. The second-order valence-corrected chi connectivity index (χ2v) is 4.33. The van der Waals surface area contributed by atoms with E-state index in [2.05, 4.69) is 10.6 Å². The minimum absolute atomic E-state index is 0.0555. The van der Waals surface area contributed by atoms with E-state index in [1.165, 1.54) is 0 Å². The van der Waals surface area contributed by atoms with Crippen LogP contribution in [0.4, 0.5) is 0 Å². The molecule has 1 heterocycles. The quantitative estimate of drug-likeness (QED) is 0.694. The molecule has 0 unspecified atom stereocenters. The van der Waals surface area contributed by atoms with Crippen LogP contribution in [0, 0.1) is 0 Å². The van der Waals surface area contributed by atoms with E-state index >= 15 is 0 Å². The predicted octanol–water partition coefficient (Wildman–Crippen LogP) is 0.115. The number of carbonyl (C=O) groups is 2. The summed E-state index contributed by atoms with van der Waals surface area (Å²) in [5, 5.41) is 6.02. The molecule has 17 heavy (non-hydrogen) atoms. The molecule has 0 spiro atoms. The zero-order valence-corrected chi connectivity index (χ0v) is 10.6. The number of nitrogens with one attached hydrogen (secondary N) is 2. The van der Waals surface area contributed by atoms with Crippen molar-refractivity contribution in [1.82, 2.24) is 15.5 Å². The molecule has 5 heteroatoms. The number of carbonyl (C=O) groups excluding carboxylic acids is 2. The molecule has 0 atom stereocenters. The summed E-state index contributed by atoms with van der Waals surface area (Å²) in [5.74, 6) is 0.231. The van der Waals surface area contributed by atoms with E-state index in [-0.39, 0.29) is 11.8 Å². The Balaban J connectivity index is 2.08. The van der Waals surface area contributed by atoms with E-state index in [1.807, 2.05) is 11.8 Å². The van der Waals surface area contributed by atoms with Crippen molar-refractivity contribution in [3.05, 3.63) is 0 Å². The van der Waals surface area contributed by atoms with Crippen LogP contribution in [-0.4, -0.2) is 49.4 Å². The van der Waals surface area contributed by atoms with E-state index in [9.17, 15) is 9.59 Å². The Bertz CT molecular complexity index is 250. The van der Waals surface area contributed by atoms with Gasteiger partial charge in [-0.2, -0.15) is 0 Å². The fourth-order valence-corrected chi connectivity index (χ4v) is 1.83. The van der Waals surface area contributed by atoms with Crippen molar-refractivity contribution in [2.75, 3.05) is 32.7 Å². The largest absolute Gasteiger partial charge is 0.356 e. The number of hydrogen-bond donors (Lipinski definition) is 2. The Morgan fingerprint density at radius 1 is 1.24 bits per heavy atom. The highest BCUT2D eigenvalue weighted by atomic mass is 16.2. The molecule has 2 amide bonds. The first-order chi connectivity index (χ1) is 8.24. The van der Waals surface area contributed by atoms with Gasteiger partial charge >= 0.3 is 0 Å². The molecule has 1 aliphatic heterocycles. The molecule has 1 saturated heterocycles. The maximum absolute atomic E-state index is 11.8. The highest BCUT2D eigenvalue weighted by Crippen LogP contribution is 2.02. The van der Waals surface area contributed by atoms with Gasteiger partial charge in [0.15, 0.2) is 0 Å².